The van der Waals surface area contributed by atoms with Crippen LogP contribution in [0.3, 0.4) is 0 Å². The second-order valence-electron chi connectivity index (χ2n) is 6.21. The molecular weight excluding hydrogens is 246 g/mol. The minimum absolute atomic E-state index is 0.245. The highest BCUT2D eigenvalue weighted by molar-refractivity contribution is 5.68. The summed E-state index contributed by atoms with van der Waals surface area (Å²) in [6, 6.07) is 0. The Morgan fingerprint density at radius 1 is 1.21 bits per heavy atom. The van der Waals surface area contributed by atoms with Crippen molar-refractivity contribution in [1.29, 1.82) is 0 Å². The third-order valence-electron chi connectivity index (χ3n) is 3.45. The van der Waals surface area contributed by atoms with Gasteiger partial charge in [0, 0.05) is 19.0 Å². The van der Waals surface area contributed by atoms with Crippen molar-refractivity contribution < 1.29 is 9.53 Å². The first-order valence-corrected chi connectivity index (χ1v) is 6.62. The standard InChI is InChI=1S/C12H21N5O2/c1-11(2,3)19-10(18)17-7-5-9(6-8-17)12(4)13-15-16-14-12/h9H,5-8H2,1-4H3. The summed E-state index contributed by atoms with van der Waals surface area (Å²) in [5.74, 6) is 0.279. The fourth-order valence-corrected chi connectivity index (χ4v) is 2.34. The highest BCUT2D eigenvalue weighted by Gasteiger charge is 2.40. The molecule has 2 rings (SSSR count). The van der Waals surface area contributed by atoms with Crippen molar-refractivity contribution in [3.63, 3.8) is 0 Å². The van der Waals surface area contributed by atoms with Crippen LogP contribution >= 0.6 is 0 Å². The van der Waals surface area contributed by atoms with Gasteiger partial charge in [-0.3, -0.25) is 0 Å². The number of ether oxygens (including phenoxy) is 1. The Morgan fingerprint density at radius 2 is 1.74 bits per heavy atom. The summed E-state index contributed by atoms with van der Waals surface area (Å²) < 4.78 is 5.37. The van der Waals surface area contributed by atoms with Gasteiger partial charge in [0.1, 0.15) is 5.60 Å². The van der Waals surface area contributed by atoms with Crippen LogP contribution in [-0.2, 0) is 4.74 Å². The summed E-state index contributed by atoms with van der Waals surface area (Å²) in [5.41, 5.74) is -0.992. The molecule has 2 aliphatic rings. The predicted molar refractivity (Wildman–Crippen MR) is 68.6 cm³/mol. The van der Waals surface area contributed by atoms with Crippen LogP contribution in [0.1, 0.15) is 40.5 Å². The number of carbonyl (C=O) groups is 1. The molecule has 0 aromatic carbocycles. The molecule has 19 heavy (non-hydrogen) atoms. The van der Waals surface area contributed by atoms with E-state index in [4.69, 9.17) is 4.74 Å². The number of piperidine rings is 1. The van der Waals surface area contributed by atoms with E-state index in [-0.39, 0.29) is 12.0 Å². The third-order valence-corrected chi connectivity index (χ3v) is 3.45. The fourth-order valence-electron chi connectivity index (χ4n) is 2.34. The molecule has 0 aromatic heterocycles. The van der Waals surface area contributed by atoms with Gasteiger partial charge in [-0.05, 0) is 51.0 Å². The molecule has 1 fully saturated rings. The molecule has 7 nitrogen and oxygen atoms in total. The number of carbonyl (C=O) groups excluding carboxylic acids is 1. The normalized spacial score (nSPS) is 22.8. The molecule has 7 heteroatoms. The molecule has 0 radical (unpaired) electrons. The topological polar surface area (TPSA) is 79.0 Å². The number of hydrogen-bond donors (Lipinski definition) is 0. The van der Waals surface area contributed by atoms with Gasteiger partial charge in [-0.1, -0.05) is 0 Å². The average molecular weight is 267 g/mol. The summed E-state index contributed by atoms with van der Waals surface area (Å²) >= 11 is 0. The Hall–Kier alpha value is -1.53. The van der Waals surface area contributed by atoms with Crippen LogP contribution in [0, 0.1) is 5.92 Å². The van der Waals surface area contributed by atoms with Crippen molar-refractivity contribution in [2.45, 2.75) is 51.8 Å². The van der Waals surface area contributed by atoms with Crippen LogP contribution in [0.2, 0.25) is 0 Å². The van der Waals surface area contributed by atoms with Crippen LogP contribution in [0.25, 0.3) is 0 Å². The molecule has 0 saturated carbocycles. The summed E-state index contributed by atoms with van der Waals surface area (Å²) in [6.45, 7) is 8.88. The van der Waals surface area contributed by atoms with Gasteiger partial charge >= 0.3 is 6.09 Å². The third kappa shape index (κ3) is 3.27. The molecule has 2 heterocycles. The van der Waals surface area contributed by atoms with Crippen molar-refractivity contribution in [3.8, 4) is 0 Å². The van der Waals surface area contributed by atoms with E-state index in [1.165, 1.54) is 0 Å². The number of nitrogens with zero attached hydrogens (tertiary/aromatic N) is 5. The van der Waals surface area contributed by atoms with E-state index in [1.807, 2.05) is 27.7 Å². The lowest BCUT2D eigenvalue weighted by Gasteiger charge is -2.36. The zero-order valence-electron chi connectivity index (χ0n) is 12.0. The van der Waals surface area contributed by atoms with Gasteiger partial charge in [0.15, 0.2) is 5.66 Å². The first-order chi connectivity index (χ1) is 8.80. The van der Waals surface area contributed by atoms with E-state index in [0.717, 1.165) is 12.8 Å². The summed E-state index contributed by atoms with van der Waals surface area (Å²) in [5, 5.41) is 15.3. The van der Waals surface area contributed by atoms with Gasteiger partial charge in [0.05, 0.1) is 0 Å². The van der Waals surface area contributed by atoms with Gasteiger partial charge in [0.25, 0.3) is 0 Å². The molecule has 0 N–H and O–H groups in total. The minimum Gasteiger partial charge on any atom is -0.444 e. The summed E-state index contributed by atoms with van der Waals surface area (Å²) in [7, 11) is 0. The molecule has 1 saturated heterocycles. The van der Waals surface area contributed by atoms with Crippen molar-refractivity contribution in [3.05, 3.63) is 0 Å². The maximum atomic E-state index is 11.9. The van der Waals surface area contributed by atoms with Crippen LogP contribution in [0.4, 0.5) is 4.79 Å². The Balaban J connectivity index is 1.87. The molecule has 0 atom stereocenters. The Bertz CT molecular complexity index is 393. The molecule has 0 unspecified atom stereocenters. The van der Waals surface area contributed by atoms with Crippen LogP contribution in [-0.4, -0.2) is 35.3 Å². The van der Waals surface area contributed by atoms with Crippen molar-refractivity contribution >= 4 is 6.09 Å². The maximum Gasteiger partial charge on any atom is 0.410 e. The monoisotopic (exact) mass is 267 g/mol. The summed E-state index contributed by atoms with van der Waals surface area (Å²) in [6.07, 6.45) is 1.44. The highest BCUT2D eigenvalue weighted by Crippen LogP contribution is 2.35. The molecule has 1 amide bonds. The van der Waals surface area contributed by atoms with Gasteiger partial charge < -0.3 is 9.64 Å². The lowest BCUT2D eigenvalue weighted by Crippen LogP contribution is -2.45. The van der Waals surface area contributed by atoms with E-state index >= 15 is 0 Å². The van der Waals surface area contributed by atoms with E-state index in [0.29, 0.717) is 13.1 Å². The quantitative estimate of drug-likeness (QED) is 0.731. The zero-order chi connectivity index (χ0) is 14.1. The zero-order valence-corrected chi connectivity index (χ0v) is 12.0. The predicted octanol–water partition coefficient (Wildman–Crippen LogP) is 3.18. The van der Waals surface area contributed by atoms with E-state index in [1.54, 1.807) is 4.90 Å². The van der Waals surface area contributed by atoms with Crippen molar-refractivity contribution in [2.24, 2.45) is 26.6 Å². The Morgan fingerprint density at radius 3 is 2.21 bits per heavy atom. The molecule has 2 aliphatic heterocycles. The fraction of sp³-hybridized carbons (Fsp3) is 0.917. The van der Waals surface area contributed by atoms with Crippen LogP contribution in [0.5, 0.6) is 0 Å². The second kappa shape index (κ2) is 4.86. The molecule has 106 valence electrons. The van der Waals surface area contributed by atoms with E-state index < -0.39 is 11.3 Å². The summed E-state index contributed by atoms with van der Waals surface area (Å²) in [4.78, 5) is 13.7. The van der Waals surface area contributed by atoms with Gasteiger partial charge in [0.2, 0.25) is 0 Å². The minimum atomic E-state index is -0.542. The molecular formula is C12H21N5O2. The SMILES string of the molecule is CC(C)(C)OC(=O)N1CCC(C2(C)N=NN=N2)CC1. The maximum absolute atomic E-state index is 11.9. The Kier molecular flexibility index (Phi) is 3.56. The lowest BCUT2D eigenvalue weighted by molar-refractivity contribution is 0.0154. The second-order valence-corrected chi connectivity index (χ2v) is 6.21. The molecule has 0 bridgehead atoms. The highest BCUT2D eigenvalue weighted by atomic mass is 16.6. The average Bonchev–Trinajstić information content (AvgIpc) is 2.75. The smallest absolute Gasteiger partial charge is 0.410 e. The van der Waals surface area contributed by atoms with Crippen molar-refractivity contribution in [2.75, 3.05) is 13.1 Å². The largest absolute Gasteiger partial charge is 0.444 e. The number of rotatable bonds is 1. The first kappa shape index (κ1) is 13.9. The number of hydrogen-bond acceptors (Lipinski definition) is 6. The number of amides is 1. The molecule has 0 aromatic rings. The number of likely N-dealkylation sites (tertiary alicyclic amines) is 1. The van der Waals surface area contributed by atoms with E-state index in [9.17, 15) is 4.79 Å². The van der Waals surface area contributed by atoms with Gasteiger partial charge in [-0.25, -0.2) is 4.79 Å². The van der Waals surface area contributed by atoms with Crippen LogP contribution < -0.4 is 0 Å². The van der Waals surface area contributed by atoms with Gasteiger partial charge in [-0.15, -0.1) is 10.2 Å². The van der Waals surface area contributed by atoms with Crippen LogP contribution in [0.15, 0.2) is 20.7 Å². The molecule has 0 spiro atoms. The first-order valence-electron chi connectivity index (χ1n) is 6.62. The van der Waals surface area contributed by atoms with Crippen molar-refractivity contribution in [1.82, 2.24) is 4.90 Å². The van der Waals surface area contributed by atoms with E-state index in [2.05, 4.69) is 20.7 Å². The Labute approximate surface area is 113 Å². The van der Waals surface area contributed by atoms with Gasteiger partial charge in [-0.2, -0.15) is 0 Å². The lowest BCUT2D eigenvalue weighted by atomic mass is 9.86. The molecule has 0 aliphatic carbocycles.